The van der Waals surface area contributed by atoms with E-state index >= 15 is 0 Å². The highest BCUT2D eigenvalue weighted by Crippen LogP contribution is 2.08. The first-order valence-electron chi connectivity index (χ1n) is 10.2. The molecule has 0 amide bonds. The highest BCUT2D eigenvalue weighted by atomic mass is 16.4. The van der Waals surface area contributed by atoms with Gasteiger partial charge >= 0.3 is 11.9 Å². The molecule has 0 aliphatic rings. The molecule has 0 spiro atoms. The Morgan fingerprint density at radius 3 is 1.46 bits per heavy atom. The van der Waals surface area contributed by atoms with Crippen molar-refractivity contribution in [3.63, 3.8) is 0 Å². The Bertz CT molecular complexity index is 361. The normalized spacial score (nSPS) is 10.3. The van der Waals surface area contributed by atoms with Gasteiger partial charge in [-0.15, -0.1) is 6.58 Å². The summed E-state index contributed by atoms with van der Waals surface area (Å²) in [5.74, 6) is -1.35. The molecule has 152 valence electrons. The number of carbonyl (C=O) groups is 2. The van der Waals surface area contributed by atoms with Gasteiger partial charge in [0, 0.05) is 12.8 Å². The molecule has 0 aromatic heterocycles. The number of carboxylic acids is 2. The molecule has 0 aliphatic heterocycles. The van der Waals surface area contributed by atoms with E-state index in [1.54, 1.807) is 0 Å². The zero-order valence-corrected chi connectivity index (χ0v) is 16.8. The van der Waals surface area contributed by atoms with Gasteiger partial charge in [0.05, 0.1) is 0 Å². The van der Waals surface area contributed by atoms with Crippen molar-refractivity contribution in [3.8, 4) is 0 Å². The summed E-state index contributed by atoms with van der Waals surface area (Å²) < 4.78 is 0. The van der Waals surface area contributed by atoms with Gasteiger partial charge in [-0.25, -0.2) is 0 Å². The molecular formula is C22H40O4. The monoisotopic (exact) mass is 368 g/mol. The van der Waals surface area contributed by atoms with E-state index in [-0.39, 0.29) is 0 Å². The first kappa shape index (κ1) is 26.6. The lowest BCUT2D eigenvalue weighted by atomic mass is 10.1. The van der Waals surface area contributed by atoms with Gasteiger partial charge in [0.25, 0.3) is 0 Å². The number of hydrogen-bond acceptors (Lipinski definition) is 2. The Kier molecular flexibility index (Phi) is 24.0. The van der Waals surface area contributed by atoms with Crippen LogP contribution in [0, 0.1) is 0 Å². The molecule has 0 aliphatic carbocycles. The summed E-state index contributed by atoms with van der Waals surface area (Å²) >= 11 is 0. The van der Waals surface area contributed by atoms with Gasteiger partial charge in [-0.2, -0.15) is 0 Å². The van der Waals surface area contributed by atoms with Gasteiger partial charge in [0.15, 0.2) is 0 Å². The highest BCUT2D eigenvalue weighted by molar-refractivity contribution is 5.66. The Balaban J connectivity index is 0. The molecule has 0 saturated heterocycles. The quantitative estimate of drug-likeness (QED) is 0.220. The van der Waals surface area contributed by atoms with E-state index in [0.717, 1.165) is 38.5 Å². The molecule has 0 radical (unpaired) electrons. The molecule has 0 unspecified atom stereocenters. The van der Waals surface area contributed by atoms with Crippen LogP contribution in [0.3, 0.4) is 0 Å². The maximum atomic E-state index is 10.2. The summed E-state index contributed by atoms with van der Waals surface area (Å²) in [6, 6.07) is 0. The zero-order chi connectivity index (χ0) is 19.9. The second-order valence-electron chi connectivity index (χ2n) is 6.61. The fourth-order valence-corrected chi connectivity index (χ4v) is 2.51. The van der Waals surface area contributed by atoms with Crippen molar-refractivity contribution in [3.05, 3.63) is 24.8 Å². The lowest BCUT2D eigenvalue weighted by Gasteiger charge is -1.98. The second-order valence-corrected chi connectivity index (χ2v) is 6.61. The number of aliphatic carboxylic acids is 2. The van der Waals surface area contributed by atoms with E-state index in [4.69, 9.17) is 10.2 Å². The summed E-state index contributed by atoms with van der Waals surface area (Å²) in [6.45, 7) is 5.70. The van der Waals surface area contributed by atoms with Crippen LogP contribution in [-0.2, 0) is 9.59 Å². The first-order chi connectivity index (χ1) is 12.5. The topological polar surface area (TPSA) is 74.6 Å². The van der Waals surface area contributed by atoms with Crippen molar-refractivity contribution in [2.75, 3.05) is 0 Å². The third-order valence-corrected chi connectivity index (χ3v) is 4.05. The predicted octanol–water partition coefficient (Wildman–Crippen LogP) is 6.76. The first-order valence-corrected chi connectivity index (χ1v) is 10.2. The van der Waals surface area contributed by atoms with E-state index in [1.807, 2.05) is 13.0 Å². The summed E-state index contributed by atoms with van der Waals surface area (Å²) in [7, 11) is 0. The Morgan fingerprint density at radius 1 is 0.692 bits per heavy atom. The fraction of sp³-hybridized carbons (Fsp3) is 0.727. The van der Waals surface area contributed by atoms with Crippen LogP contribution >= 0.6 is 0 Å². The van der Waals surface area contributed by atoms with Gasteiger partial charge in [0.1, 0.15) is 0 Å². The fourth-order valence-electron chi connectivity index (χ4n) is 2.51. The third kappa shape index (κ3) is 30.3. The maximum absolute atomic E-state index is 10.2. The summed E-state index contributed by atoms with van der Waals surface area (Å²) in [4.78, 5) is 20.3. The van der Waals surface area contributed by atoms with Crippen LogP contribution in [0.4, 0.5) is 0 Å². The Morgan fingerprint density at radius 2 is 1.08 bits per heavy atom. The van der Waals surface area contributed by atoms with Crippen LogP contribution in [0.5, 0.6) is 0 Å². The molecular weight excluding hydrogens is 328 g/mol. The van der Waals surface area contributed by atoms with Crippen LogP contribution in [0.2, 0.25) is 0 Å². The van der Waals surface area contributed by atoms with Gasteiger partial charge in [0.2, 0.25) is 0 Å². The molecule has 0 saturated carbocycles. The average molecular weight is 369 g/mol. The molecule has 0 atom stereocenters. The number of allylic oxidation sites excluding steroid dienone is 3. The van der Waals surface area contributed by atoms with Gasteiger partial charge in [-0.05, 0) is 45.4 Å². The lowest BCUT2D eigenvalue weighted by Crippen LogP contribution is -1.93. The van der Waals surface area contributed by atoms with Crippen LogP contribution in [0.1, 0.15) is 103 Å². The SMILES string of the molecule is C=CCCCCCCCCC(=O)O.CC=CCCCCCCCC(=O)O. The summed E-state index contributed by atoms with van der Waals surface area (Å²) in [5, 5.41) is 16.8. The standard InChI is InChI=1S/2C11H20O2/c2*1-2-3-4-5-6-7-8-9-10-11(12)13/h2-3H,4-10H2,1H3,(H,12,13);2H,1,3-10H2,(H,12,13). The Hall–Kier alpha value is -1.58. The van der Waals surface area contributed by atoms with Crippen molar-refractivity contribution < 1.29 is 19.8 Å². The van der Waals surface area contributed by atoms with E-state index < -0.39 is 11.9 Å². The molecule has 0 bridgehead atoms. The number of rotatable bonds is 17. The van der Waals surface area contributed by atoms with E-state index in [1.165, 1.54) is 44.9 Å². The lowest BCUT2D eigenvalue weighted by molar-refractivity contribution is -0.138. The van der Waals surface area contributed by atoms with Crippen molar-refractivity contribution in [2.45, 2.75) is 103 Å². The molecule has 26 heavy (non-hydrogen) atoms. The minimum atomic E-state index is -0.674. The molecule has 0 aromatic carbocycles. The van der Waals surface area contributed by atoms with Crippen LogP contribution in [0.25, 0.3) is 0 Å². The highest BCUT2D eigenvalue weighted by Gasteiger charge is 1.96. The number of carboxylic acid groups (broad SMARTS) is 2. The summed E-state index contributed by atoms with van der Waals surface area (Å²) in [6.07, 6.45) is 21.4. The van der Waals surface area contributed by atoms with E-state index in [0.29, 0.717) is 12.8 Å². The minimum absolute atomic E-state index is 0.326. The van der Waals surface area contributed by atoms with Crippen molar-refractivity contribution in [1.29, 1.82) is 0 Å². The predicted molar refractivity (Wildman–Crippen MR) is 110 cm³/mol. The number of hydrogen-bond donors (Lipinski definition) is 2. The second kappa shape index (κ2) is 23.4. The molecule has 0 aromatic rings. The smallest absolute Gasteiger partial charge is 0.303 e. The molecule has 0 fully saturated rings. The average Bonchev–Trinajstić information content (AvgIpc) is 2.60. The third-order valence-electron chi connectivity index (χ3n) is 4.05. The van der Waals surface area contributed by atoms with E-state index in [9.17, 15) is 9.59 Å². The van der Waals surface area contributed by atoms with Crippen molar-refractivity contribution >= 4 is 11.9 Å². The van der Waals surface area contributed by atoms with Crippen LogP contribution < -0.4 is 0 Å². The molecule has 0 heterocycles. The van der Waals surface area contributed by atoms with Gasteiger partial charge in [-0.1, -0.05) is 63.2 Å². The van der Waals surface area contributed by atoms with Crippen LogP contribution in [0.15, 0.2) is 24.8 Å². The Labute approximate surface area is 160 Å². The molecule has 0 rings (SSSR count). The summed E-state index contributed by atoms with van der Waals surface area (Å²) in [5.41, 5.74) is 0. The van der Waals surface area contributed by atoms with Crippen molar-refractivity contribution in [2.24, 2.45) is 0 Å². The van der Waals surface area contributed by atoms with E-state index in [2.05, 4.69) is 18.7 Å². The molecule has 4 nitrogen and oxygen atoms in total. The molecule has 4 heteroatoms. The largest absolute Gasteiger partial charge is 0.481 e. The number of unbranched alkanes of at least 4 members (excludes halogenated alkanes) is 11. The van der Waals surface area contributed by atoms with Gasteiger partial charge < -0.3 is 10.2 Å². The zero-order valence-electron chi connectivity index (χ0n) is 16.8. The molecule has 2 N–H and O–H groups in total. The maximum Gasteiger partial charge on any atom is 0.303 e. The van der Waals surface area contributed by atoms with Crippen molar-refractivity contribution in [1.82, 2.24) is 0 Å². The minimum Gasteiger partial charge on any atom is -0.481 e. The van der Waals surface area contributed by atoms with Crippen LogP contribution in [-0.4, -0.2) is 22.2 Å². The van der Waals surface area contributed by atoms with Gasteiger partial charge in [-0.3, -0.25) is 9.59 Å².